The van der Waals surface area contributed by atoms with Gasteiger partial charge in [-0.1, -0.05) is 0 Å². The quantitative estimate of drug-likeness (QED) is 0.548. The van der Waals surface area contributed by atoms with Crippen molar-refractivity contribution in [3.05, 3.63) is 35.3 Å². The van der Waals surface area contributed by atoms with Crippen LogP contribution in [-0.2, 0) is 11.3 Å². The van der Waals surface area contributed by atoms with Gasteiger partial charge in [0.25, 0.3) is 0 Å². The summed E-state index contributed by atoms with van der Waals surface area (Å²) in [6, 6.07) is 4.49. The minimum atomic E-state index is -0.283. The molecule has 2 aromatic rings. The van der Waals surface area contributed by atoms with E-state index in [1.165, 1.54) is 12.1 Å². The molecule has 1 amide bonds. The molecule has 1 heterocycles. The lowest BCUT2D eigenvalue weighted by molar-refractivity contribution is -0.130. The number of aliphatic imine (C=N–C) groups is 1. The molecule has 0 aliphatic carbocycles. The van der Waals surface area contributed by atoms with E-state index in [0.717, 1.165) is 24.0 Å². The van der Waals surface area contributed by atoms with E-state index in [1.807, 2.05) is 32.6 Å². The van der Waals surface area contributed by atoms with Crippen LogP contribution in [0.2, 0.25) is 0 Å². The number of carbonyl (C=O) groups excluding carboxylic acids is 1. The summed E-state index contributed by atoms with van der Waals surface area (Å²) in [5.74, 6) is 1.16. The second-order valence-corrected chi connectivity index (χ2v) is 6.23. The van der Waals surface area contributed by atoms with Crippen molar-refractivity contribution in [3.63, 3.8) is 0 Å². The number of guanidine groups is 1. The Morgan fingerprint density at radius 1 is 1.22 bits per heavy atom. The minimum absolute atomic E-state index is 0.124. The molecule has 27 heavy (non-hydrogen) atoms. The number of fused-ring (bicyclic) bond motifs is 1. The number of hydrogen-bond acceptors (Lipinski definition) is 3. The fourth-order valence-electron chi connectivity index (χ4n) is 2.91. The van der Waals surface area contributed by atoms with E-state index < -0.39 is 0 Å². The number of hydrogen-bond donors (Lipinski definition) is 2. The molecule has 0 aliphatic heterocycles. The first-order valence-electron chi connectivity index (χ1n) is 9.47. The summed E-state index contributed by atoms with van der Waals surface area (Å²) < 4.78 is 19.2. The number of carbonyl (C=O) groups is 1. The Morgan fingerprint density at radius 3 is 2.63 bits per heavy atom. The van der Waals surface area contributed by atoms with Gasteiger partial charge in [-0.2, -0.15) is 0 Å². The van der Waals surface area contributed by atoms with Gasteiger partial charge < -0.3 is 20.0 Å². The maximum Gasteiger partial charge on any atom is 0.224 e. The Kier molecular flexibility index (Phi) is 7.64. The highest BCUT2D eigenvalue weighted by Crippen LogP contribution is 2.26. The number of furan rings is 1. The number of rotatable bonds is 8. The summed E-state index contributed by atoms with van der Waals surface area (Å²) in [7, 11) is 0. The lowest BCUT2D eigenvalue weighted by Gasteiger charge is -2.19. The van der Waals surface area contributed by atoms with E-state index in [-0.39, 0.29) is 11.7 Å². The van der Waals surface area contributed by atoms with Crippen LogP contribution in [0.4, 0.5) is 4.39 Å². The molecular formula is C20H29FN4O2. The molecule has 0 aliphatic rings. The van der Waals surface area contributed by atoms with E-state index in [4.69, 9.17) is 4.42 Å². The predicted octanol–water partition coefficient (Wildman–Crippen LogP) is 3.19. The Hall–Kier alpha value is -2.57. The SMILES string of the molecule is CCNC(=NCc1oc2ccc(F)cc2c1C)NCCC(=O)N(CC)CC. The van der Waals surface area contributed by atoms with Gasteiger partial charge in [-0.25, -0.2) is 9.38 Å². The molecule has 0 fully saturated rings. The largest absolute Gasteiger partial charge is 0.459 e. The van der Waals surface area contributed by atoms with Crippen molar-refractivity contribution in [1.82, 2.24) is 15.5 Å². The Labute approximate surface area is 159 Å². The first-order valence-corrected chi connectivity index (χ1v) is 9.47. The molecule has 7 heteroatoms. The topological polar surface area (TPSA) is 69.9 Å². The van der Waals surface area contributed by atoms with Crippen molar-refractivity contribution in [2.75, 3.05) is 26.2 Å². The molecule has 1 aromatic heterocycles. The normalized spacial score (nSPS) is 11.7. The number of amides is 1. The van der Waals surface area contributed by atoms with E-state index in [0.29, 0.717) is 43.4 Å². The summed E-state index contributed by atoms with van der Waals surface area (Å²) in [5.41, 5.74) is 1.54. The standard InChI is InChI=1S/C20H29FN4O2/c1-5-22-20(23-11-10-19(26)25(6-2)7-3)24-13-18-14(4)16-12-15(21)8-9-17(16)27-18/h8-9,12H,5-7,10-11,13H2,1-4H3,(H2,22,23,24). The van der Waals surface area contributed by atoms with E-state index >= 15 is 0 Å². The van der Waals surface area contributed by atoms with Crippen molar-refractivity contribution >= 4 is 22.8 Å². The average Bonchev–Trinajstić information content (AvgIpc) is 2.96. The average molecular weight is 376 g/mol. The van der Waals surface area contributed by atoms with Gasteiger partial charge in [0.05, 0.1) is 0 Å². The van der Waals surface area contributed by atoms with Gasteiger partial charge in [0.15, 0.2) is 5.96 Å². The third-order valence-corrected chi connectivity index (χ3v) is 4.47. The molecule has 0 atom stereocenters. The van der Waals surface area contributed by atoms with Crippen LogP contribution in [0, 0.1) is 12.7 Å². The highest BCUT2D eigenvalue weighted by molar-refractivity contribution is 5.83. The zero-order valence-corrected chi connectivity index (χ0v) is 16.6. The van der Waals surface area contributed by atoms with Gasteiger partial charge in [-0.3, -0.25) is 4.79 Å². The molecule has 1 aromatic carbocycles. The smallest absolute Gasteiger partial charge is 0.224 e. The monoisotopic (exact) mass is 376 g/mol. The van der Waals surface area contributed by atoms with Gasteiger partial charge in [0.2, 0.25) is 5.91 Å². The maximum atomic E-state index is 13.4. The molecule has 2 rings (SSSR count). The van der Waals surface area contributed by atoms with E-state index in [2.05, 4.69) is 15.6 Å². The molecule has 148 valence electrons. The van der Waals surface area contributed by atoms with Crippen LogP contribution in [0.5, 0.6) is 0 Å². The minimum Gasteiger partial charge on any atom is -0.459 e. The van der Waals surface area contributed by atoms with E-state index in [1.54, 1.807) is 6.07 Å². The summed E-state index contributed by atoms with van der Waals surface area (Å²) in [6.45, 7) is 10.8. The van der Waals surface area contributed by atoms with Gasteiger partial charge in [0, 0.05) is 43.5 Å². The van der Waals surface area contributed by atoms with Crippen molar-refractivity contribution in [3.8, 4) is 0 Å². The second kappa shape index (κ2) is 9.94. The fraction of sp³-hybridized carbons (Fsp3) is 0.500. The summed E-state index contributed by atoms with van der Waals surface area (Å²) >= 11 is 0. The molecule has 0 radical (unpaired) electrons. The van der Waals surface area contributed by atoms with Crippen molar-refractivity contribution in [1.29, 1.82) is 0 Å². The second-order valence-electron chi connectivity index (χ2n) is 6.23. The van der Waals surface area contributed by atoms with E-state index in [9.17, 15) is 9.18 Å². The van der Waals surface area contributed by atoms with Gasteiger partial charge in [0.1, 0.15) is 23.7 Å². The Bertz CT molecular complexity index is 797. The molecule has 2 N–H and O–H groups in total. The number of halogens is 1. The van der Waals surface area contributed by atoms with Crippen LogP contribution >= 0.6 is 0 Å². The lowest BCUT2D eigenvalue weighted by Crippen LogP contribution is -2.40. The third-order valence-electron chi connectivity index (χ3n) is 4.47. The van der Waals surface area contributed by atoms with Crippen LogP contribution < -0.4 is 10.6 Å². The van der Waals surface area contributed by atoms with Gasteiger partial charge >= 0.3 is 0 Å². The van der Waals surface area contributed by atoms with Gasteiger partial charge in [-0.05, 0) is 45.9 Å². The highest BCUT2D eigenvalue weighted by atomic mass is 19.1. The number of nitrogens with zero attached hydrogens (tertiary/aromatic N) is 2. The molecule has 0 spiro atoms. The fourth-order valence-corrected chi connectivity index (χ4v) is 2.91. The zero-order valence-electron chi connectivity index (χ0n) is 16.6. The Balaban J connectivity index is 2.01. The number of aryl methyl sites for hydroxylation is 1. The van der Waals surface area contributed by atoms with Gasteiger partial charge in [-0.15, -0.1) is 0 Å². The van der Waals surface area contributed by atoms with Crippen LogP contribution in [0.25, 0.3) is 11.0 Å². The maximum absolute atomic E-state index is 13.4. The summed E-state index contributed by atoms with van der Waals surface area (Å²) in [6.07, 6.45) is 0.412. The molecule has 0 unspecified atom stereocenters. The van der Waals surface area contributed by atoms with Crippen molar-refractivity contribution in [2.24, 2.45) is 4.99 Å². The first-order chi connectivity index (χ1) is 13.0. The molecule has 0 saturated heterocycles. The van der Waals surface area contributed by atoms with Crippen molar-refractivity contribution < 1.29 is 13.6 Å². The summed E-state index contributed by atoms with van der Waals surface area (Å²) in [4.78, 5) is 18.4. The molecule has 0 bridgehead atoms. The van der Waals surface area contributed by atoms with Crippen LogP contribution in [0.15, 0.2) is 27.6 Å². The molecular weight excluding hydrogens is 347 g/mol. The molecule has 6 nitrogen and oxygen atoms in total. The van der Waals surface area contributed by atoms with Crippen molar-refractivity contribution in [2.45, 2.75) is 40.7 Å². The predicted molar refractivity (Wildman–Crippen MR) is 106 cm³/mol. The number of benzene rings is 1. The lowest BCUT2D eigenvalue weighted by atomic mass is 10.1. The highest BCUT2D eigenvalue weighted by Gasteiger charge is 2.12. The first kappa shape index (κ1) is 20.7. The molecule has 0 saturated carbocycles. The van der Waals surface area contributed by atoms with Crippen LogP contribution in [0.3, 0.4) is 0 Å². The number of nitrogens with one attached hydrogen (secondary N) is 2. The Morgan fingerprint density at radius 2 is 1.96 bits per heavy atom. The van der Waals surface area contributed by atoms with Crippen LogP contribution in [0.1, 0.15) is 38.5 Å². The van der Waals surface area contributed by atoms with Crippen LogP contribution in [-0.4, -0.2) is 42.9 Å². The summed E-state index contributed by atoms with van der Waals surface area (Å²) in [5, 5.41) is 7.10. The third kappa shape index (κ3) is 5.45. The zero-order chi connectivity index (χ0) is 19.8.